The second-order valence-corrected chi connectivity index (χ2v) is 37.4. The van der Waals surface area contributed by atoms with Crippen LogP contribution < -0.4 is 31.6 Å². The van der Waals surface area contributed by atoms with Crippen molar-refractivity contribution in [2.24, 2.45) is 0 Å². The Morgan fingerprint density at radius 2 is 0.596 bits per heavy atom. The lowest BCUT2D eigenvalue weighted by molar-refractivity contribution is -0.152. The zero-order valence-electron chi connectivity index (χ0n) is 72.0. The number of unbranched alkanes of at least 4 members (excludes halogenated alkanes) is 44. The summed E-state index contributed by atoms with van der Waals surface area (Å²) in [6, 6.07) is 20.1. The largest absolute Gasteiger partial charge is 0.462 e. The van der Waals surface area contributed by atoms with E-state index in [-0.39, 0.29) is 79.8 Å². The van der Waals surface area contributed by atoms with Gasteiger partial charge in [-0.25, -0.2) is 0 Å². The van der Waals surface area contributed by atoms with Crippen molar-refractivity contribution in [2.45, 2.75) is 464 Å². The third kappa shape index (κ3) is 57.1. The van der Waals surface area contributed by atoms with Gasteiger partial charge in [0.15, 0.2) is 0 Å². The molecule has 15 heteroatoms. The molecular formula is C94H170N4O10Si. The summed E-state index contributed by atoms with van der Waals surface area (Å²) in [4.78, 5) is 78.2. The van der Waals surface area contributed by atoms with Crippen molar-refractivity contribution in [1.29, 1.82) is 0 Å². The highest BCUT2D eigenvalue weighted by Gasteiger charge is 2.50. The summed E-state index contributed by atoms with van der Waals surface area (Å²) < 4.78 is 19.1. The zero-order chi connectivity index (χ0) is 79.8. The van der Waals surface area contributed by atoms with E-state index in [9.17, 15) is 33.9 Å². The Morgan fingerprint density at radius 3 is 0.881 bits per heavy atom. The molecule has 2 rings (SSSR count). The van der Waals surface area contributed by atoms with Gasteiger partial charge in [-0.2, -0.15) is 0 Å². The Bertz CT molecular complexity index is 2410. The topological polar surface area (TPSA) is 198 Å². The quantitative estimate of drug-likeness (QED) is 0.0241. The summed E-state index contributed by atoms with van der Waals surface area (Å²) in [6.07, 6.45) is 62.0. The van der Waals surface area contributed by atoms with Crippen molar-refractivity contribution in [3.8, 4) is 0 Å². The maximum absolute atomic E-state index is 13.7. The van der Waals surface area contributed by atoms with E-state index in [2.05, 4.69) is 132 Å². The van der Waals surface area contributed by atoms with Crippen molar-refractivity contribution in [2.75, 3.05) is 26.3 Å². The highest BCUT2D eigenvalue weighted by molar-refractivity contribution is 6.99. The summed E-state index contributed by atoms with van der Waals surface area (Å²) in [5, 5.41) is 24.0. The number of carbonyl (C=O) groups excluding carboxylic acids is 6. The van der Waals surface area contributed by atoms with Crippen LogP contribution in [0.15, 0.2) is 60.7 Å². The van der Waals surface area contributed by atoms with Crippen molar-refractivity contribution in [1.82, 2.24) is 21.3 Å². The first-order valence-corrected chi connectivity index (χ1v) is 47.8. The van der Waals surface area contributed by atoms with E-state index in [1.165, 1.54) is 209 Å². The molecule has 0 fully saturated rings. The Balaban J connectivity index is 0.00000115. The molecule has 0 saturated carbocycles. The molecule has 0 spiro atoms. The minimum Gasteiger partial charge on any atom is -0.462 e. The van der Waals surface area contributed by atoms with Gasteiger partial charge in [-0.1, -0.05) is 405 Å². The van der Waals surface area contributed by atoms with Gasteiger partial charge in [0.1, 0.15) is 12.2 Å². The molecule has 0 aliphatic heterocycles. The number of hydrogen-bond donors (Lipinski definition) is 5. The lowest BCUT2D eigenvalue weighted by atomic mass is 10.0. The molecule has 2 aromatic rings. The van der Waals surface area contributed by atoms with Gasteiger partial charge in [0.2, 0.25) is 23.6 Å². The summed E-state index contributed by atoms with van der Waals surface area (Å²) in [5.41, 5.74) is 0. The van der Waals surface area contributed by atoms with Crippen LogP contribution in [0.2, 0.25) is 5.04 Å². The van der Waals surface area contributed by atoms with E-state index in [0.29, 0.717) is 38.5 Å². The number of aliphatic hydroxyl groups is 1. The lowest BCUT2D eigenvalue weighted by Gasteiger charge is -2.43. The van der Waals surface area contributed by atoms with Crippen LogP contribution in [0.4, 0.5) is 0 Å². The highest BCUT2D eigenvalue weighted by atomic mass is 28.4. The van der Waals surface area contributed by atoms with Crippen LogP contribution in [-0.2, 0) is 42.7 Å². The van der Waals surface area contributed by atoms with E-state index in [4.69, 9.17) is 13.9 Å². The monoisotopic (exact) mass is 1540 g/mol. The molecule has 0 aliphatic rings. The van der Waals surface area contributed by atoms with Gasteiger partial charge in [-0.15, -0.1) is 0 Å². The number of hydrogen-bond acceptors (Lipinski definition) is 10. The van der Waals surface area contributed by atoms with Crippen molar-refractivity contribution in [3.05, 3.63) is 60.7 Å². The Morgan fingerprint density at radius 1 is 0.339 bits per heavy atom. The van der Waals surface area contributed by atoms with Crippen molar-refractivity contribution < 1.29 is 47.8 Å². The predicted molar refractivity (Wildman–Crippen MR) is 462 cm³/mol. The molecule has 5 N–H and O–H groups in total. The molecule has 0 heterocycles. The summed E-state index contributed by atoms with van der Waals surface area (Å²) in [7, 11) is -2.89. The van der Waals surface area contributed by atoms with Gasteiger partial charge >= 0.3 is 11.9 Å². The van der Waals surface area contributed by atoms with Gasteiger partial charge in [0, 0.05) is 38.8 Å². The first-order chi connectivity index (χ1) is 53.0. The van der Waals surface area contributed by atoms with E-state index in [1.54, 1.807) is 0 Å². The second kappa shape index (κ2) is 72.4. The fourth-order valence-electron chi connectivity index (χ4n) is 14.8. The van der Waals surface area contributed by atoms with Gasteiger partial charge in [-0.3, -0.25) is 28.8 Å². The van der Waals surface area contributed by atoms with Crippen LogP contribution >= 0.6 is 0 Å². The average Bonchev–Trinajstić information content (AvgIpc) is 0.749. The average molecular weight is 1540 g/mol. The van der Waals surface area contributed by atoms with Crippen molar-refractivity contribution in [3.63, 3.8) is 0 Å². The maximum atomic E-state index is 13.7. The van der Waals surface area contributed by atoms with E-state index in [0.717, 1.165) is 122 Å². The first kappa shape index (κ1) is 102. The summed E-state index contributed by atoms with van der Waals surface area (Å²) >= 11 is 0. The molecule has 14 nitrogen and oxygen atoms in total. The van der Waals surface area contributed by atoms with Crippen LogP contribution in [0.5, 0.6) is 0 Å². The van der Waals surface area contributed by atoms with Crippen LogP contribution in [0.25, 0.3) is 0 Å². The number of aliphatic hydroxyl groups excluding tert-OH is 1. The molecule has 630 valence electrons. The molecule has 0 bridgehead atoms. The minimum absolute atomic E-state index is 0.00778. The predicted octanol–water partition coefficient (Wildman–Crippen LogP) is 23.3. The summed E-state index contributed by atoms with van der Waals surface area (Å²) in [6.45, 7) is 20.5. The number of carbonyl (C=O) groups is 6. The van der Waals surface area contributed by atoms with E-state index < -0.39 is 32.6 Å². The first-order valence-electron chi connectivity index (χ1n) is 45.9. The molecule has 0 radical (unpaired) electrons. The molecule has 0 saturated heterocycles. The lowest BCUT2D eigenvalue weighted by Crippen LogP contribution is -2.67. The molecule has 0 unspecified atom stereocenters. The highest BCUT2D eigenvalue weighted by Crippen LogP contribution is 2.37. The van der Waals surface area contributed by atoms with Crippen molar-refractivity contribution >= 4 is 54.3 Å². The minimum atomic E-state index is -2.89. The smallest absolute Gasteiger partial charge is 0.306 e. The zero-order valence-corrected chi connectivity index (χ0v) is 73.0. The van der Waals surface area contributed by atoms with Gasteiger partial charge in [0.25, 0.3) is 8.32 Å². The Labute approximate surface area is 670 Å². The number of amides is 4. The molecular weight excluding hydrogens is 1370 g/mol. The fourth-order valence-corrected chi connectivity index (χ4v) is 19.4. The van der Waals surface area contributed by atoms with Gasteiger partial charge in [0.05, 0.1) is 38.1 Å². The number of nitrogens with one attached hydrogen (secondary N) is 4. The molecule has 109 heavy (non-hydrogen) atoms. The number of rotatable bonds is 74. The van der Waals surface area contributed by atoms with Gasteiger partial charge < -0.3 is 40.3 Å². The third-order valence-electron chi connectivity index (χ3n) is 21.6. The molecule has 2 aromatic carbocycles. The van der Waals surface area contributed by atoms with Crippen LogP contribution in [-0.4, -0.2) is 99.6 Å². The normalized spacial score (nSPS) is 12.7. The third-order valence-corrected chi connectivity index (χ3v) is 26.6. The number of esters is 2. The molecule has 0 aliphatic carbocycles. The van der Waals surface area contributed by atoms with Gasteiger partial charge in [-0.05, 0) is 66.8 Å². The summed E-state index contributed by atoms with van der Waals surface area (Å²) in [5.74, 6) is -0.883. The van der Waals surface area contributed by atoms with E-state index in [1.807, 2.05) is 12.1 Å². The Kier molecular flexibility index (Phi) is 68.0. The molecule has 0 aromatic heterocycles. The second-order valence-electron chi connectivity index (χ2n) is 33.1. The van der Waals surface area contributed by atoms with Crippen LogP contribution in [0.3, 0.4) is 0 Å². The van der Waals surface area contributed by atoms with E-state index >= 15 is 0 Å². The van der Waals surface area contributed by atoms with Crippen LogP contribution in [0.1, 0.15) is 435 Å². The fraction of sp³-hybridized carbons (Fsp3) is 0.809. The molecule has 4 atom stereocenters. The number of ether oxygens (including phenoxy) is 2. The standard InChI is InChI=1S/C55H94N2O5Si.C39H76N2O5/c1-7-10-13-16-18-20-21-23-24-27-36-43-52(58)57-48(47-61-63(55(4,5)6,50-39-32-29-33-40-50)51-41-34-30-35-42-51)46-56-53(59)45-49(38-31-26-15-12-9-3)62-54(60)44-37-28-25-22-19-17-14-11-8-2;1-4-7-10-13-15-17-18-20-21-24-27-30-37(43)41-35(34-42)33-40-38(44)32-36(29-26-23-12-9-6-3)46-39(45)31-28-25-22-19-16-14-11-8-5-2/h29-30,32-35,39-42,48-49H,7-28,31,36-38,43-47H2,1-6H3,(H,56,59)(H,57,58);35-36,42H,4-34H2,1-3H3,(H,40,44)(H,41,43)/t48-,49-;35-,36-/m11/s1. The number of benzene rings is 2. The van der Waals surface area contributed by atoms with Crippen LogP contribution in [0, 0.1) is 0 Å². The SMILES string of the molecule is CCCCCCCCCCCCCC(=O)N[C@@H](CO)CNC(=O)C[C@@H](CCCCCCC)OC(=O)CCCCCCCCCCC.CCCCCCCCCCCCCC(=O)N[C@H](CNC(=O)C[C@@H](CCCCCCC)OC(=O)CCCCCCCCCCC)CO[Si](c1ccccc1)(c1ccccc1)C(C)(C)C. The maximum Gasteiger partial charge on any atom is 0.306 e. The molecule has 4 amide bonds. The Hall–Kier alpha value is -4.60.